The standard InChI is InChI=1S/C30H35Cl2N3O4S/c1-4-5-17-33-30(37)28(19-23-12-7-6-8-13-23)34(20-24-15-16-25(31)26(32)18-24)29(36)21-35(40(3,38)39)27-14-10-9-11-22(27)2/h6-16,18,28H,4-5,17,19-21H2,1-3H3,(H,33,37)/t28-/m1/s1. The van der Waals surface area contributed by atoms with Gasteiger partial charge < -0.3 is 10.2 Å². The number of aryl methyl sites for hydroxylation is 1. The number of rotatable bonds is 13. The Kier molecular flexibility index (Phi) is 11.4. The number of sulfonamides is 1. The van der Waals surface area contributed by atoms with Crippen molar-refractivity contribution in [2.75, 3.05) is 23.7 Å². The van der Waals surface area contributed by atoms with Gasteiger partial charge in [-0.05, 0) is 48.2 Å². The second-order valence-corrected chi connectivity index (χ2v) is 12.4. The summed E-state index contributed by atoms with van der Waals surface area (Å²) in [5, 5.41) is 3.64. The van der Waals surface area contributed by atoms with Crippen LogP contribution in [0.1, 0.15) is 36.5 Å². The monoisotopic (exact) mass is 603 g/mol. The van der Waals surface area contributed by atoms with Crippen LogP contribution in [0.25, 0.3) is 0 Å². The van der Waals surface area contributed by atoms with Gasteiger partial charge >= 0.3 is 0 Å². The first kappa shape index (κ1) is 31.5. The van der Waals surface area contributed by atoms with Crippen LogP contribution in [-0.2, 0) is 32.6 Å². The van der Waals surface area contributed by atoms with Gasteiger partial charge in [0.2, 0.25) is 21.8 Å². The van der Waals surface area contributed by atoms with Gasteiger partial charge in [0.25, 0.3) is 0 Å². The molecule has 2 amide bonds. The summed E-state index contributed by atoms with van der Waals surface area (Å²) in [6.45, 7) is 3.83. The molecule has 214 valence electrons. The topological polar surface area (TPSA) is 86.8 Å². The Balaban J connectivity index is 2.06. The zero-order chi connectivity index (χ0) is 29.3. The number of halogens is 2. The third-order valence-corrected chi connectivity index (χ3v) is 8.37. The minimum absolute atomic E-state index is 0.0276. The Hall–Kier alpha value is -3.07. The Morgan fingerprint density at radius 2 is 1.60 bits per heavy atom. The van der Waals surface area contributed by atoms with Crippen molar-refractivity contribution in [1.29, 1.82) is 0 Å². The van der Waals surface area contributed by atoms with E-state index in [9.17, 15) is 18.0 Å². The molecule has 0 aliphatic rings. The fourth-order valence-electron chi connectivity index (χ4n) is 4.33. The molecule has 0 fully saturated rings. The summed E-state index contributed by atoms with van der Waals surface area (Å²) >= 11 is 12.4. The molecule has 3 aromatic carbocycles. The van der Waals surface area contributed by atoms with Crippen LogP contribution in [0.5, 0.6) is 0 Å². The van der Waals surface area contributed by atoms with E-state index in [1.165, 1.54) is 4.90 Å². The minimum Gasteiger partial charge on any atom is -0.354 e. The molecule has 0 bridgehead atoms. The summed E-state index contributed by atoms with van der Waals surface area (Å²) in [6, 6.07) is 20.5. The zero-order valence-corrected chi connectivity index (χ0v) is 25.3. The largest absolute Gasteiger partial charge is 0.354 e. The lowest BCUT2D eigenvalue weighted by Crippen LogP contribution is -2.53. The number of carbonyl (C=O) groups is 2. The molecule has 0 saturated carbocycles. The predicted octanol–water partition coefficient (Wildman–Crippen LogP) is 5.62. The molecule has 3 rings (SSSR count). The van der Waals surface area contributed by atoms with Crippen molar-refractivity contribution in [1.82, 2.24) is 10.2 Å². The molecule has 1 atom stereocenters. The normalized spacial score (nSPS) is 12.0. The van der Waals surface area contributed by atoms with Gasteiger partial charge in [-0.1, -0.05) is 91.1 Å². The fourth-order valence-corrected chi connectivity index (χ4v) is 5.56. The highest BCUT2D eigenvalue weighted by molar-refractivity contribution is 7.92. The van der Waals surface area contributed by atoms with Crippen LogP contribution in [0.2, 0.25) is 10.0 Å². The second-order valence-electron chi connectivity index (χ2n) is 9.68. The lowest BCUT2D eigenvalue weighted by atomic mass is 10.0. The molecule has 7 nitrogen and oxygen atoms in total. The van der Waals surface area contributed by atoms with Gasteiger partial charge in [-0.2, -0.15) is 0 Å². The number of amides is 2. The van der Waals surface area contributed by atoms with Gasteiger partial charge in [-0.3, -0.25) is 13.9 Å². The van der Waals surface area contributed by atoms with E-state index in [4.69, 9.17) is 23.2 Å². The van der Waals surface area contributed by atoms with Crippen molar-refractivity contribution in [3.8, 4) is 0 Å². The highest BCUT2D eigenvalue weighted by Gasteiger charge is 2.33. The van der Waals surface area contributed by atoms with E-state index in [-0.39, 0.29) is 18.9 Å². The number of anilines is 1. The van der Waals surface area contributed by atoms with Gasteiger partial charge in [0.15, 0.2) is 0 Å². The number of hydrogen-bond acceptors (Lipinski definition) is 4. The molecular weight excluding hydrogens is 569 g/mol. The Morgan fingerprint density at radius 1 is 0.925 bits per heavy atom. The van der Waals surface area contributed by atoms with Crippen molar-refractivity contribution in [3.63, 3.8) is 0 Å². The SMILES string of the molecule is CCCCNC(=O)[C@@H](Cc1ccccc1)N(Cc1ccc(Cl)c(Cl)c1)C(=O)CN(c1ccccc1C)S(C)(=O)=O. The predicted molar refractivity (Wildman–Crippen MR) is 162 cm³/mol. The van der Waals surface area contributed by atoms with Crippen molar-refractivity contribution in [2.45, 2.75) is 45.7 Å². The molecule has 0 saturated heterocycles. The first-order valence-electron chi connectivity index (χ1n) is 13.1. The molecule has 0 heterocycles. The van der Waals surface area contributed by atoms with Crippen LogP contribution in [0.3, 0.4) is 0 Å². The summed E-state index contributed by atoms with van der Waals surface area (Å²) in [7, 11) is -3.83. The number of nitrogens with one attached hydrogen (secondary N) is 1. The molecule has 0 radical (unpaired) electrons. The van der Waals surface area contributed by atoms with Crippen molar-refractivity contribution < 1.29 is 18.0 Å². The number of carbonyl (C=O) groups excluding carboxylic acids is 2. The van der Waals surface area contributed by atoms with Gasteiger partial charge in [0.05, 0.1) is 22.0 Å². The number of benzene rings is 3. The minimum atomic E-state index is -3.83. The maximum atomic E-state index is 14.1. The van der Waals surface area contributed by atoms with E-state index in [2.05, 4.69) is 5.32 Å². The summed E-state index contributed by atoms with van der Waals surface area (Å²) in [4.78, 5) is 29.1. The van der Waals surface area contributed by atoms with Crippen LogP contribution < -0.4 is 9.62 Å². The maximum Gasteiger partial charge on any atom is 0.244 e. The maximum absolute atomic E-state index is 14.1. The van der Waals surface area contributed by atoms with Gasteiger partial charge in [0.1, 0.15) is 12.6 Å². The molecule has 10 heteroatoms. The Bertz CT molecular complexity index is 1420. The van der Waals surface area contributed by atoms with Gasteiger partial charge in [0, 0.05) is 19.5 Å². The van der Waals surface area contributed by atoms with Crippen molar-refractivity contribution >= 4 is 50.7 Å². The van der Waals surface area contributed by atoms with E-state index >= 15 is 0 Å². The average Bonchev–Trinajstić information content (AvgIpc) is 2.91. The molecular formula is C30H35Cl2N3O4S. The summed E-state index contributed by atoms with van der Waals surface area (Å²) in [5.41, 5.74) is 2.63. The first-order valence-corrected chi connectivity index (χ1v) is 15.7. The molecule has 40 heavy (non-hydrogen) atoms. The summed E-state index contributed by atoms with van der Waals surface area (Å²) in [6.07, 6.45) is 3.00. The third-order valence-electron chi connectivity index (χ3n) is 6.50. The van der Waals surface area contributed by atoms with Crippen LogP contribution in [0.4, 0.5) is 5.69 Å². The summed E-state index contributed by atoms with van der Waals surface area (Å²) in [5.74, 6) is -0.834. The van der Waals surface area contributed by atoms with Crippen LogP contribution >= 0.6 is 23.2 Å². The quantitative estimate of drug-likeness (QED) is 0.257. The Morgan fingerprint density at radius 3 is 2.23 bits per heavy atom. The first-order chi connectivity index (χ1) is 19.0. The number of nitrogens with zero attached hydrogens (tertiary/aromatic N) is 2. The number of para-hydroxylation sites is 1. The molecule has 0 spiro atoms. The van der Waals surface area contributed by atoms with E-state index in [0.717, 1.165) is 29.0 Å². The third kappa shape index (κ3) is 8.71. The van der Waals surface area contributed by atoms with E-state index in [1.807, 2.05) is 37.3 Å². The number of hydrogen-bond donors (Lipinski definition) is 1. The lowest BCUT2D eigenvalue weighted by Gasteiger charge is -2.34. The molecule has 0 aliphatic carbocycles. The van der Waals surface area contributed by atoms with E-state index in [1.54, 1.807) is 49.4 Å². The van der Waals surface area contributed by atoms with Crippen molar-refractivity contribution in [2.24, 2.45) is 0 Å². The molecule has 0 aliphatic heterocycles. The summed E-state index contributed by atoms with van der Waals surface area (Å²) < 4.78 is 26.9. The zero-order valence-electron chi connectivity index (χ0n) is 22.9. The molecule has 0 unspecified atom stereocenters. The smallest absolute Gasteiger partial charge is 0.244 e. The average molecular weight is 605 g/mol. The van der Waals surface area contributed by atoms with Crippen LogP contribution in [0, 0.1) is 6.92 Å². The highest BCUT2D eigenvalue weighted by atomic mass is 35.5. The second kappa shape index (κ2) is 14.5. The molecule has 3 aromatic rings. The van der Waals surface area contributed by atoms with Crippen molar-refractivity contribution in [3.05, 3.63) is 99.5 Å². The van der Waals surface area contributed by atoms with Crippen LogP contribution in [0.15, 0.2) is 72.8 Å². The van der Waals surface area contributed by atoms with Gasteiger partial charge in [-0.25, -0.2) is 8.42 Å². The lowest BCUT2D eigenvalue weighted by molar-refractivity contribution is -0.140. The molecule has 0 aromatic heterocycles. The fraction of sp³-hybridized carbons (Fsp3) is 0.333. The van der Waals surface area contributed by atoms with E-state index < -0.39 is 28.5 Å². The highest BCUT2D eigenvalue weighted by Crippen LogP contribution is 2.26. The van der Waals surface area contributed by atoms with Gasteiger partial charge in [-0.15, -0.1) is 0 Å². The Labute approximate surface area is 247 Å². The van der Waals surface area contributed by atoms with E-state index in [0.29, 0.717) is 33.4 Å². The molecule has 1 N–H and O–H groups in total. The van der Waals surface area contributed by atoms with Crippen LogP contribution in [-0.4, -0.2) is 50.5 Å². The number of unbranched alkanes of at least 4 members (excludes halogenated alkanes) is 1.